The highest BCUT2D eigenvalue weighted by atomic mass is 35.5. The molecule has 8 heteroatoms. The van der Waals surface area contributed by atoms with E-state index in [1.165, 1.54) is 10.7 Å². The van der Waals surface area contributed by atoms with Gasteiger partial charge in [0.2, 0.25) is 0 Å². The van der Waals surface area contributed by atoms with Gasteiger partial charge in [-0.05, 0) is 25.1 Å². The SMILES string of the molecule is Cc1nn(C)c(CS(=O)(=O)c2ccc(N)cc2F)c1Cl. The lowest BCUT2D eigenvalue weighted by molar-refractivity contribution is 0.565. The molecule has 0 fully saturated rings. The summed E-state index contributed by atoms with van der Waals surface area (Å²) in [5.41, 5.74) is 6.41. The molecule has 1 aromatic carbocycles. The zero-order valence-electron chi connectivity index (χ0n) is 10.9. The summed E-state index contributed by atoms with van der Waals surface area (Å²) in [6.07, 6.45) is 0. The van der Waals surface area contributed by atoms with Gasteiger partial charge in [0.15, 0.2) is 9.84 Å². The minimum absolute atomic E-state index is 0.163. The van der Waals surface area contributed by atoms with Gasteiger partial charge in [0.05, 0.1) is 22.2 Å². The van der Waals surface area contributed by atoms with E-state index in [-0.39, 0.29) is 10.7 Å². The fraction of sp³-hybridized carbons (Fsp3) is 0.250. The lowest BCUT2D eigenvalue weighted by Crippen LogP contribution is -2.11. The molecule has 5 nitrogen and oxygen atoms in total. The third-order valence-electron chi connectivity index (χ3n) is 2.88. The molecule has 20 heavy (non-hydrogen) atoms. The largest absolute Gasteiger partial charge is 0.399 e. The van der Waals surface area contributed by atoms with E-state index in [0.29, 0.717) is 11.4 Å². The Morgan fingerprint density at radius 1 is 1.45 bits per heavy atom. The number of hydrogen-bond acceptors (Lipinski definition) is 4. The molecule has 0 unspecified atom stereocenters. The second kappa shape index (κ2) is 5.06. The number of aryl methyl sites for hydroxylation is 2. The van der Waals surface area contributed by atoms with E-state index in [1.807, 2.05) is 0 Å². The van der Waals surface area contributed by atoms with Crippen molar-refractivity contribution in [2.24, 2.45) is 7.05 Å². The molecule has 0 amide bonds. The molecule has 0 aliphatic rings. The summed E-state index contributed by atoms with van der Waals surface area (Å²) in [6, 6.07) is 3.46. The van der Waals surface area contributed by atoms with Crippen LogP contribution in [0.25, 0.3) is 0 Å². The van der Waals surface area contributed by atoms with Crippen LogP contribution in [0.3, 0.4) is 0 Å². The maximum atomic E-state index is 13.7. The maximum Gasteiger partial charge on any atom is 0.187 e. The van der Waals surface area contributed by atoms with E-state index < -0.39 is 26.3 Å². The molecule has 1 aromatic heterocycles. The molecule has 0 bridgehead atoms. The number of hydrogen-bond donors (Lipinski definition) is 1. The van der Waals surface area contributed by atoms with E-state index in [1.54, 1.807) is 14.0 Å². The Morgan fingerprint density at radius 3 is 2.60 bits per heavy atom. The fourth-order valence-electron chi connectivity index (χ4n) is 1.86. The number of rotatable bonds is 3. The minimum Gasteiger partial charge on any atom is -0.399 e. The number of anilines is 1. The van der Waals surface area contributed by atoms with Crippen LogP contribution < -0.4 is 5.73 Å². The van der Waals surface area contributed by atoms with Gasteiger partial charge in [0.25, 0.3) is 0 Å². The first kappa shape index (κ1) is 14.8. The Kier molecular flexibility index (Phi) is 3.75. The van der Waals surface area contributed by atoms with E-state index in [4.69, 9.17) is 17.3 Å². The van der Waals surface area contributed by atoms with Crippen LogP contribution >= 0.6 is 11.6 Å². The summed E-state index contributed by atoms with van der Waals surface area (Å²) in [4.78, 5) is -0.401. The van der Waals surface area contributed by atoms with Gasteiger partial charge in [-0.25, -0.2) is 12.8 Å². The summed E-state index contributed by atoms with van der Waals surface area (Å²) < 4.78 is 39.7. The molecule has 0 aliphatic heterocycles. The van der Waals surface area contributed by atoms with E-state index >= 15 is 0 Å². The molecule has 2 aromatic rings. The molecule has 2 N–H and O–H groups in total. The highest BCUT2D eigenvalue weighted by Crippen LogP contribution is 2.26. The first-order chi connectivity index (χ1) is 9.22. The lowest BCUT2D eigenvalue weighted by atomic mass is 10.3. The molecule has 1 heterocycles. The van der Waals surface area contributed by atoms with E-state index in [2.05, 4.69) is 5.10 Å². The molecule has 0 aliphatic carbocycles. The van der Waals surface area contributed by atoms with E-state index in [9.17, 15) is 12.8 Å². The molecule has 0 radical (unpaired) electrons. The van der Waals surface area contributed by atoms with Crippen molar-refractivity contribution in [2.75, 3.05) is 5.73 Å². The third-order valence-corrected chi connectivity index (χ3v) is 5.03. The monoisotopic (exact) mass is 317 g/mol. The summed E-state index contributed by atoms with van der Waals surface area (Å²) in [7, 11) is -2.28. The smallest absolute Gasteiger partial charge is 0.187 e. The van der Waals surface area contributed by atoms with Crippen molar-refractivity contribution in [2.45, 2.75) is 17.6 Å². The Hall–Kier alpha value is -1.60. The lowest BCUT2D eigenvalue weighted by Gasteiger charge is -2.07. The van der Waals surface area contributed by atoms with Gasteiger partial charge >= 0.3 is 0 Å². The predicted octanol–water partition coefficient (Wildman–Crippen LogP) is 2.08. The van der Waals surface area contributed by atoms with Crippen LogP contribution in [0.5, 0.6) is 0 Å². The summed E-state index contributed by atoms with van der Waals surface area (Å²) in [5.74, 6) is -1.30. The molecule has 2 rings (SSSR count). The van der Waals surface area contributed by atoms with Gasteiger partial charge in [0.1, 0.15) is 10.7 Å². The number of nitrogens with zero attached hydrogens (tertiary/aromatic N) is 2. The molecule has 0 saturated heterocycles. The maximum absolute atomic E-state index is 13.7. The van der Waals surface area contributed by atoms with Crippen molar-refractivity contribution in [3.05, 3.63) is 40.4 Å². The molecule has 0 saturated carbocycles. The van der Waals surface area contributed by atoms with E-state index in [0.717, 1.165) is 12.1 Å². The molecule has 0 spiro atoms. The number of benzene rings is 1. The van der Waals surface area contributed by atoms with Gasteiger partial charge in [-0.2, -0.15) is 5.10 Å². The van der Waals surface area contributed by atoms with Crippen LogP contribution in [0, 0.1) is 12.7 Å². The topological polar surface area (TPSA) is 78.0 Å². The fourth-order valence-corrected chi connectivity index (χ4v) is 3.65. The zero-order chi connectivity index (χ0) is 15.1. The van der Waals surface area contributed by atoms with Crippen molar-refractivity contribution in [1.82, 2.24) is 9.78 Å². The van der Waals surface area contributed by atoms with Gasteiger partial charge in [-0.1, -0.05) is 11.6 Å². The number of nitrogens with two attached hydrogens (primary N) is 1. The minimum atomic E-state index is -3.87. The predicted molar refractivity (Wildman–Crippen MR) is 74.7 cm³/mol. The van der Waals surface area contributed by atoms with Crippen LogP contribution in [0.4, 0.5) is 10.1 Å². The Labute approximate surface area is 121 Å². The molecular formula is C12H13ClFN3O2S. The number of sulfone groups is 1. The van der Waals surface area contributed by atoms with Crippen molar-refractivity contribution < 1.29 is 12.8 Å². The van der Waals surface area contributed by atoms with Crippen LogP contribution in [-0.2, 0) is 22.6 Å². The average Bonchev–Trinajstić information content (AvgIpc) is 2.55. The second-order valence-electron chi connectivity index (χ2n) is 4.42. The van der Waals surface area contributed by atoms with Crippen LogP contribution in [-0.4, -0.2) is 18.2 Å². The quantitative estimate of drug-likeness (QED) is 0.879. The Bertz CT molecular complexity index is 771. The van der Waals surface area contributed by atoms with Crippen LogP contribution in [0.1, 0.15) is 11.4 Å². The second-order valence-corrected chi connectivity index (χ2v) is 6.75. The van der Waals surface area contributed by atoms with Gasteiger partial charge < -0.3 is 5.73 Å². The number of aromatic nitrogens is 2. The third kappa shape index (κ3) is 2.64. The number of halogens is 2. The highest BCUT2D eigenvalue weighted by molar-refractivity contribution is 7.90. The number of nitrogen functional groups attached to an aromatic ring is 1. The molecular weight excluding hydrogens is 305 g/mol. The van der Waals surface area contributed by atoms with Crippen LogP contribution in [0.15, 0.2) is 23.1 Å². The van der Waals surface area contributed by atoms with Gasteiger partial charge in [0, 0.05) is 12.7 Å². The van der Waals surface area contributed by atoms with Crippen LogP contribution in [0.2, 0.25) is 5.02 Å². The highest BCUT2D eigenvalue weighted by Gasteiger charge is 2.24. The standard InChI is InChI=1S/C12H13ClFN3O2S/c1-7-12(13)10(17(2)16-7)6-20(18,19)11-4-3-8(15)5-9(11)14/h3-5H,6,15H2,1-2H3. The van der Waals surface area contributed by atoms with Gasteiger partial charge in [-0.3, -0.25) is 4.68 Å². The van der Waals surface area contributed by atoms with Crippen molar-refractivity contribution >= 4 is 27.1 Å². The van der Waals surface area contributed by atoms with Crippen molar-refractivity contribution in [1.29, 1.82) is 0 Å². The Balaban J connectivity index is 2.46. The zero-order valence-corrected chi connectivity index (χ0v) is 12.5. The normalized spacial score (nSPS) is 11.8. The first-order valence-electron chi connectivity index (χ1n) is 5.68. The Morgan fingerprint density at radius 2 is 2.10 bits per heavy atom. The summed E-state index contributed by atoms with van der Waals surface area (Å²) in [5, 5.41) is 4.30. The summed E-state index contributed by atoms with van der Waals surface area (Å²) >= 11 is 6.01. The molecule has 0 atom stereocenters. The summed E-state index contributed by atoms with van der Waals surface area (Å²) in [6.45, 7) is 1.67. The molecule has 108 valence electrons. The first-order valence-corrected chi connectivity index (χ1v) is 7.71. The van der Waals surface area contributed by atoms with Crippen molar-refractivity contribution in [3.8, 4) is 0 Å². The van der Waals surface area contributed by atoms with Crippen molar-refractivity contribution in [3.63, 3.8) is 0 Å². The average molecular weight is 318 g/mol. The van der Waals surface area contributed by atoms with Gasteiger partial charge in [-0.15, -0.1) is 0 Å².